The summed E-state index contributed by atoms with van der Waals surface area (Å²) in [6, 6.07) is 45.2. The molecule has 4 atom stereocenters. The normalized spacial score (nSPS) is 18.6. The average Bonchev–Trinajstić information content (AvgIpc) is 3.18. The van der Waals surface area contributed by atoms with E-state index in [1.807, 2.05) is 72.8 Å². The second-order valence-corrected chi connectivity index (χ2v) is 13.5. The lowest BCUT2D eigenvalue weighted by Gasteiger charge is -2.43. The summed E-state index contributed by atoms with van der Waals surface area (Å²) in [5.41, 5.74) is 8.23. The van der Waals surface area contributed by atoms with Crippen molar-refractivity contribution in [2.75, 3.05) is 6.54 Å². The third kappa shape index (κ3) is 10.0. The van der Waals surface area contributed by atoms with Crippen molar-refractivity contribution in [1.29, 1.82) is 0 Å². The highest BCUT2D eigenvalue weighted by Crippen LogP contribution is 2.42. The van der Waals surface area contributed by atoms with Gasteiger partial charge in [0, 0.05) is 44.1 Å². The molecular weight excluding hydrogens is 652 g/mol. The van der Waals surface area contributed by atoms with Crippen LogP contribution in [0.1, 0.15) is 65.5 Å². The summed E-state index contributed by atoms with van der Waals surface area (Å²) in [5.74, 6) is -1.24. The van der Waals surface area contributed by atoms with Crippen LogP contribution < -0.4 is 5.32 Å². The molecular formula is C44H46N2O6. The summed E-state index contributed by atoms with van der Waals surface area (Å²) >= 11 is 0. The number of benzene rings is 5. The molecule has 0 bridgehead atoms. The first-order valence-electron chi connectivity index (χ1n) is 17.8. The summed E-state index contributed by atoms with van der Waals surface area (Å²) in [6.45, 7) is 4.76. The molecule has 8 nitrogen and oxygen atoms in total. The maximum absolute atomic E-state index is 12.1. The number of carboxylic acid groups (broad SMARTS) is 1. The number of nitrogens with zero attached hydrogens (tertiary/aromatic N) is 1. The number of ether oxygens (including phenoxy) is 2. The smallest absolute Gasteiger partial charge is 0.303 e. The molecule has 0 unspecified atom stereocenters. The quantitative estimate of drug-likeness (QED) is 0.102. The van der Waals surface area contributed by atoms with Gasteiger partial charge in [-0.15, -0.1) is 0 Å². The lowest BCUT2D eigenvalue weighted by atomic mass is 9.89. The van der Waals surface area contributed by atoms with E-state index in [9.17, 15) is 14.7 Å². The van der Waals surface area contributed by atoms with Crippen molar-refractivity contribution in [3.05, 3.63) is 167 Å². The van der Waals surface area contributed by atoms with Crippen LogP contribution in [0.4, 0.5) is 0 Å². The molecule has 0 aromatic heterocycles. The van der Waals surface area contributed by atoms with Gasteiger partial charge in [-0.1, -0.05) is 134 Å². The number of hydrogen-bond acceptors (Lipinski definition) is 6. The lowest BCUT2D eigenvalue weighted by molar-refractivity contribution is -0.276. The van der Waals surface area contributed by atoms with Gasteiger partial charge in [-0.2, -0.15) is 0 Å². The van der Waals surface area contributed by atoms with Gasteiger partial charge in [-0.05, 0) is 45.0 Å². The fourth-order valence-electron chi connectivity index (χ4n) is 6.65. The summed E-state index contributed by atoms with van der Waals surface area (Å²) in [6.07, 6.45) is -1.21. The highest BCUT2D eigenvalue weighted by molar-refractivity contribution is 5.80. The van der Waals surface area contributed by atoms with Crippen molar-refractivity contribution in [1.82, 2.24) is 10.2 Å². The largest absolute Gasteiger partial charge is 0.481 e. The number of amides is 1. The molecule has 1 saturated heterocycles. The van der Waals surface area contributed by atoms with E-state index in [2.05, 4.69) is 77.8 Å². The Morgan fingerprint density at radius 2 is 1.29 bits per heavy atom. The lowest BCUT2D eigenvalue weighted by Crippen LogP contribution is -2.44. The third-order valence-electron chi connectivity index (χ3n) is 9.56. The molecule has 8 heteroatoms. The van der Waals surface area contributed by atoms with Crippen molar-refractivity contribution in [2.45, 2.75) is 64.5 Å². The van der Waals surface area contributed by atoms with Crippen LogP contribution in [0.3, 0.4) is 0 Å². The number of carboxylic acids is 1. The molecule has 0 saturated carbocycles. The average molecular weight is 699 g/mol. The number of nitrogens with one attached hydrogen (secondary N) is 1. The maximum Gasteiger partial charge on any atom is 0.303 e. The van der Waals surface area contributed by atoms with Gasteiger partial charge in [-0.3, -0.25) is 14.5 Å². The SMILES string of the molecule is C[C@@H]1[C@H](CN(Cc2ccccc2)Cc2ccccc2)O[C@H](c2ccc(-c3cccc(CNC(=O)CCC(=O)O)c3)cc2)O[C@@H]1c1ccc(CO)cc1. The molecule has 0 radical (unpaired) electrons. The Balaban J connectivity index is 1.22. The van der Waals surface area contributed by atoms with Crippen LogP contribution in [0.25, 0.3) is 11.1 Å². The zero-order valence-corrected chi connectivity index (χ0v) is 29.4. The minimum atomic E-state index is -0.991. The molecule has 1 amide bonds. The molecule has 0 spiro atoms. The highest BCUT2D eigenvalue weighted by atomic mass is 16.7. The molecule has 1 aliphatic heterocycles. The van der Waals surface area contributed by atoms with Gasteiger partial charge in [0.25, 0.3) is 0 Å². The molecule has 0 aliphatic carbocycles. The van der Waals surface area contributed by atoms with E-state index >= 15 is 0 Å². The Morgan fingerprint density at radius 1 is 0.673 bits per heavy atom. The molecule has 1 aliphatic rings. The number of rotatable bonds is 15. The van der Waals surface area contributed by atoms with Crippen LogP contribution >= 0.6 is 0 Å². The van der Waals surface area contributed by atoms with Gasteiger partial charge in [0.2, 0.25) is 5.91 Å². The number of carbonyl (C=O) groups excluding carboxylic acids is 1. The number of aliphatic hydroxyl groups excluding tert-OH is 1. The molecule has 5 aromatic rings. The Bertz CT molecular complexity index is 1840. The van der Waals surface area contributed by atoms with E-state index in [1.54, 1.807) is 0 Å². The van der Waals surface area contributed by atoms with E-state index in [4.69, 9.17) is 14.6 Å². The fourth-order valence-corrected chi connectivity index (χ4v) is 6.65. The number of carbonyl (C=O) groups is 2. The van der Waals surface area contributed by atoms with E-state index in [1.165, 1.54) is 11.1 Å². The second kappa shape index (κ2) is 17.9. The predicted octanol–water partition coefficient (Wildman–Crippen LogP) is 7.82. The van der Waals surface area contributed by atoms with E-state index in [0.717, 1.165) is 46.5 Å². The standard InChI is InChI=1S/C44H46N2O6/c1-31-40(29-46(27-32-9-4-2-5-10-32)28-33-11-6-3-7-12-33)51-44(52-43(31)37-17-15-34(30-47)16-18-37)38-21-19-36(20-22-38)39-14-8-13-35(25-39)26-45-41(48)23-24-42(49)50/h2-22,25,31,40,43-44,47H,23-24,26-30H2,1H3,(H,45,48)(H,49,50)/t31-,40+,43+,44+/m1/s1. The van der Waals surface area contributed by atoms with Crippen LogP contribution in [-0.4, -0.2) is 39.6 Å². The van der Waals surface area contributed by atoms with Crippen LogP contribution in [0, 0.1) is 5.92 Å². The Labute approximate surface area is 305 Å². The number of hydrogen-bond donors (Lipinski definition) is 3. The molecule has 268 valence electrons. The first-order valence-corrected chi connectivity index (χ1v) is 17.8. The summed E-state index contributed by atoms with van der Waals surface area (Å²) in [4.78, 5) is 25.3. The van der Waals surface area contributed by atoms with Crippen molar-refractivity contribution in [3.63, 3.8) is 0 Å². The molecule has 5 aromatic carbocycles. The molecule has 1 heterocycles. The predicted molar refractivity (Wildman–Crippen MR) is 201 cm³/mol. The molecule has 1 fully saturated rings. The minimum Gasteiger partial charge on any atom is -0.481 e. The van der Waals surface area contributed by atoms with Gasteiger partial charge in [0.1, 0.15) is 0 Å². The molecule has 52 heavy (non-hydrogen) atoms. The Kier molecular flexibility index (Phi) is 12.6. The van der Waals surface area contributed by atoms with E-state index in [-0.39, 0.29) is 43.5 Å². The summed E-state index contributed by atoms with van der Waals surface area (Å²) < 4.78 is 13.6. The Morgan fingerprint density at radius 3 is 1.90 bits per heavy atom. The van der Waals surface area contributed by atoms with Crippen LogP contribution in [0.2, 0.25) is 0 Å². The monoisotopic (exact) mass is 698 g/mol. The van der Waals surface area contributed by atoms with Crippen molar-refractivity contribution in [3.8, 4) is 11.1 Å². The van der Waals surface area contributed by atoms with Gasteiger partial charge < -0.3 is 25.0 Å². The van der Waals surface area contributed by atoms with Crippen molar-refractivity contribution in [2.24, 2.45) is 5.92 Å². The zero-order valence-electron chi connectivity index (χ0n) is 29.4. The Hall–Kier alpha value is -5.12. The second-order valence-electron chi connectivity index (χ2n) is 13.5. The topological polar surface area (TPSA) is 108 Å². The first kappa shape index (κ1) is 36.7. The number of aliphatic carboxylic acids is 1. The van der Waals surface area contributed by atoms with Crippen LogP contribution in [-0.2, 0) is 45.3 Å². The van der Waals surface area contributed by atoms with E-state index < -0.39 is 12.3 Å². The van der Waals surface area contributed by atoms with Gasteiger partial charge in [-0.25, -0.2) is 0 Å². The summed E-state index contributed by atoms with van der Waals surface area (Å²) in [5, 5.41) is 21.3. The molecule has 6 rings (SSSR count). The zero-order chi connectivity index (χ0) is 36.3. The summed E-state index contributed by atoms with van der Waals surface area (Å²) in [7, 11) is 0. The van der Waals surface area contributed by atoms with Crippen LogP contribution in [0.5, 0.6) is 0 Å². The van der Waals surface area contributed by atoms with Gasteiger partial charge in [0.05, 0.1) is 25.2 Å². The fraction of sp³-hybridized carbons (Fsp3) is 0.273. The van der Waals surface area contributed by atoms with Crippen molar-refractivity contribution >= 4 is 11.9 Å². The van der Waals surface area contributed by atoms with E-state index in [0.29, 0.717) is 13.1 Å². The van der Waals surface area contributed by atoms with Crippen molar-refractivity contribution < 1.29 is 29.3 Å². The number of aliphatic hydroxyl groups is 1. The third-order valence-corrected chi connectivity index (χ3v) is 9.56. The minimum absolute atomic E-state index is 0.0136. The van der Waals surface area contributed by atoms with Gasteiger partial charge in [0.15, 0.2) is 6.29 Å². The first-order chi connectivity index (χ1) is 25.3. The molecule has 3 N–H and O–H groups in total. The highest BCUT2D eigenvalue weighted by Gasteiger charge is 2.39. The van der Waals surface area contributed by atoms with Gasteiger partial charge >= 0.3 is 5.97 Å². The van der Waals surface area contributed by atoms with Crippen LogP contribution in [0.15, 0.2) is 133 Å². The maximum atomic E-state index is 12.1.